The lowest BCUT2D eigenvalue weighted by Crippen LogP contribution is -2.01. The zero-order valence-electron chi connectivity index (χ0n) is 12.3. The largest absolute Gasteiger partial charge is 0.263 e. The second kappa shape index (κ2) is 5.56. The van der Waals surface area contributed by atoms with Crippen molar-refractivity contribution in [2.75, 3.05) is 0 Å². The van der Waals surface area contributed by atoms with Crippen LogP contribution in [-0.4, -0.2) is 19.7 Å². The normalized spacial score (nSPS) is 11.5. The molecule has 0 aliphatic rings. The maximum atomic E-state index is 4.78. The molecule has 0 N–H and O–H groups in total. The average molecular weight is 345 g/mol. The van der Waals surface area contributed by atoms with E-state index in [-0.39, 0.29) is 0 Å². The number of nitrogens with zero attached hydrogens (tertiary/aromatic N) is 4. The van der Waals surface area contributed by atoms with E-state index < -0.39 is 0 Å². The van der Waals surface area contributed by atoms with Gasteiger partial charge in [0.05, 0.1) is 6.20 Å². The molecule has 0 radical (unpaired) electrons. The first-order valence-electron chi connectivity index (χ1n) is 7.07. The van der Waals surface area contributed by atoms with Gasteiger partial charge in [0.25, 0.3) is 0 Å². The van der Waals surface area contributed by atoms with Crippen molar-refractivity contribution in [2.45, 2.75) is 33.2 Å². The van der Waals surface area contributed by atoms with Crippen LogP contribution in [0.4, 0.5) is 0 Å². The lowest BCUT2D eigenvalue weighted by Gasteiger charge is -2.10. The van der Waals surface area contributed by atoms with Gasteiger partial charge in [-0.3, -0.25) is 4.98 Å². The van der Waals surface area contributed by atoms with Crippen LogP contribution in [0.2, 0.25) is 0 Å². The summed E-state index contributed by atoms with van der Waals surface area (Å²) < 4.78 is 2.91. The smallest absolute Gasteiger partial charge is 0.158 e. The van der Waals surface area contributed by atoms with Crippen molar-refractivity contribution in [1.29, 1.82) is 0 Å². The molecule has 3 heterocycles. The van der Waals surface area contributed by atoms with Gasteiger partial charge in [0.2, 0.25) is 0 Å². The topological polar surface area (TPSA) is 43.6 Å². The Morgan fingerprint density at radius 3 is 2.67 bits per heavy atom. The van der Waals surface area contributed by atoms with E-state index in [1.807, 2.05) is 17.1 Å². The number of rotatable bonds is 3. The van der Waals surface area contributed by atoms with Gasteiger partial charge < -0.3 is 0 Å². The Morgan fingerprint density at radius 2 is 2.00 bits per heavy atom. The molecule has 3 rings (SSSR count). The molecule has 0 saturated heterocycles. The van der Waals surface area contributed by atoms with E-state index in [0.717, 1.165) is 38.9 Å². The first kappa shape index (κ1) is 14.2. The Balaban J connectivity index is 2.32. The standard InChI is InChI=1S/C16H17BrN4/c1-4-21-16-14(9-19-21)13(6-15(20-16)10(2)3)11-5-12(17)8-18-7-11/h5-10H,4H2,1-3H3. The highest BCUT2D eigenvalue weighted by Crippen LogP contribution is 2.31. The molecule has 0 atom stereocenters. The van der Waals surface area contributed by atoms with Gasteiger partial charge in [0.15, 0.2) is 5.65 Å². The second-order valence-electron chi connectivity index (χ2n) is 5.34. The Labute approximate surface area is 132 Å². The third-order valence-electron chi connectivity index (χ3n) is 3.54. The summed E-state index contributed by atoms with van der Waals surface area (Å²) in [6, 6.07) is 4.23. The van der Waals surface area contributed by atoms with Gasteiger partial charge in [0.1, 0.15) is 0 Å². The molecular weight excluding hydrogens is 328 g/mol. The quantitative estimate of drug-likeness (QED) is 0.707. The highest BCUT2D eigenvalue weighted by Gasteiger charge is 2.14. The number of pyridine rings is 2. The molecule has 0 unspecified atom stereocenters. The van der Waals surface area contributed by atoms with Crippen molar-refractivity contribution in [2.24, 2.45) is 0 Å². The third kappa shape index (κ3) is 2.58. The van der Waals surface area contributed by atoms with Crippen LogP contribution in [0, 0.1) is 0 Å². The highest BCUT2D eigenvalue weighted by atomic mass is 79.9. The van der Waals surface area contributed by atoms with Gasteiger partial charge in [-0.1, -0.05) is 13.8 Å². The van der Waals surface area contributed by atoms with Crippen LogP contribution in [0.15, 0.2) is 35.2 Å². The van der Waals surface area contributed by atoms with E-state index in [1.165, 1.54) is 0 Å². The Hall–Kier alpha value is -1.75. The fourth-order valence-electron chi connectivity index (χ4n) is 2.39. The van der Waals surface area contributed by atoms with Crippen LogP contribution in [0.3, 0.4) is 0 Å². The summed E-state index contributed by atoms with van der Waals surface area (Å²) in [5, 5.41) is 5.52. The average Bonchev–Trinajstić information content (AvgIpc) is 2.89. The summed E-state index contributed by atoms with van der Waals surface area (Å²) in [5.41, 5.74) is 4.23. The second-order valence-corrected chi connectivity index (χ2v) is 6.25. The molecule has 21 heavy (non-hydrogen) atoms. The van der Waals surface area contributed by atoms with Crippen LogP contribution in [-0.2, 0) is 6.54 Å². The van der Waals surface area contributed by atoms with Gasteiger partial charge in [-0.25, -0.2) is 9.67 Å². The van der Waals surface area contributed by atoms with Gasteiger partial charge in [-0.05, 0) is 46.5 Å². The van der Waals surface area contributed by atoms with Crippen molar-refractivity contribution in [3.05, 3.63) is 40.9 Å². The van der Waals surface area contributed by atoms with Gasteiger partial charge >= 0.3 is 0 Å². The molecule has 0 bridgehead atoms. The van der Waals surface area contributed by atoms with E-state index in [0.29, 0.717) is 5.92 Å². The minimum atomic E-state index is 0.369. The first-order valence-corrected chi connectivity index (χ1v) is 7.86. The molecule has 0 aliphatic heterocycles. The number of aryl methyl sites for hydroxylation is 1. The van der Waals surface area contributed by atoms with Gasteiger partial charge in [0, 0.05) is 40.1 Å². The maximum absolute atomic E-state index is 4.78. The van der Waals surface area contributed by atoms with E-state index in [2.05, 4.69) is 58.9 Å². The fraction of sp³-hybridized carbons (Fsp3) is 0.312. The summed E-state index contributed by atoms with van der Waals surface area (Å²) >= 11 is 3.49. The lowest BCUT2D eigenvalue weighted by molar-refractivity contribution is 0.673. The molecule has 4 nitrogen and oxygen atoms in total. The molecule has 108 valence electrons. The van der Waals surface area contributed by atoms with E-state index >= 15 is 0 Å². The SMILES string of the molecule is CCn1ncc2c(-c3cncc(Br)c3)cc(C(C)C)nc21. The van der Waals surface area contributed by atoms with Gasteiger partial charge in [-0.2, -0.15) is 5.10 Å². The van der Waals surface area contributed by atoms with Crippen LogP contribution in [0.1, 0.15) is 32.4 Å². The zero-order valence-corrected chi connectivity index (χ0v) is 13.9. The van der Waals surface area contributed by atoms with Crippen LogP contribution in [0.5, 0.6) is 0 Å². The summed E-state index contributed by atoms with van der Waals surface area (Å²) in [6.07, 6.45) is 5.57. The van der Waals surface area contributed by atoms with Crippen molar-refractivity contribution >= 4 is 27.0 Å². The molecule has 5 heteroatoms. The molecule has 0 amide bonds. The molecule has 0 aromatic carbocycles. The first-order chi connectivity index (χ1) is 10.1. The summed E-state index contributed by atoms with van der Waals surface area (Å²) in [4.78, 5) is 9.06. The van der Waals surface area contributed by atoms with Crippen LogP contribution in [0.25, 0.3) is 22.2 Å². The molecule has 0 fully saturated rings. The predicted octanol–water partition coefficient (Wildman–Crippen LogP) is 4.40. The van der Waals surface area contributed by atoms with Crippen molar-refractivity contribution < 1.29 is 0 Å². The lowest BCUT2D eigenvalue weighted by atomic mass is 10.0. The molecule has 3 aromatic rings. The van der Waals surface area contributed by atoms with Gasteiger partial charge in [-0.15, -0.1) is 0 Å². The molecule has 0 saturated carbocycles. The molecule has 0 spiro atoms. The monoisotopic (exact) mass is 344 g/mol. The minimum Gasteiger partial charge on any atom is -0.263 e. The maximum Gasteiger partial charge on any atom is 0.158 e. The zero-order chi connectivity index (χ0) is 15.0. The van der Waals surface area contributed by atoms with Crippen molar-refractivity contribution in [3.63, 3.8) is 0 Å². The van der Waals surface area contributed by atoms with Crippen LogP contribution >= 0.6 is 15.9 Å². The fourth-order valence-corrected chi connectivity index (χ4v) is 2.76. The minimum absolute atomic E-state index is 0.369. The number of fused-ring (bicyclic) bond motifs is 1. The Morgan fingerprint density at radius 1 is 1.19 bits per heavy atom. The van der Waals surface area contributed by atoms with Crippen LogP contribution < -0.4 is 0 Å². The summed E-state index contributed by atoms with van der Waals surface area (Å²) in [5.74, 6) is 0.369. The van der Waals surface area contributed by atoms with E-state index in [4.69, 9.17) is 4.98 Å². The molecular formula is C16H17BrN4. The van der Waals surface area contributed by atoms with Crippen molar-refractivity contribution in [3.8, 4) is 11.1 Å². The predicted molar refractivity (Wildman–Crippen MR) is 88.2 cm³/mol. The Kier molecular flexibility index (Phi) is 3.76. The highest BCUT2D eigenvalue weighted by molar-refractivity contribution is 9.10. The Bertz CT molecular complexity index is 792. The number of hydrogen-bond acceptors (Lipinski definition) is 3. The van der Waals surface area contributed by atoms with E-state index in [9.17, 15) is 0 Å². The third-order valence-corrected chi connectivity index (χ3v) is 3.97. The molecule has 3 aromatic heterocycles. The number of hydrogen-bond donors (Lipinski definition) is 0. The van der Waals surface area contributed by atoms with E-state index in [1.54, 1.807) is 6.20 Å². The number of halogens is 1. The molecule has 0 aliphatic carbocycles. The number of aromatic nitrogens is 4. The van der Waals surface area contributed by atoms with Crippen molar-refractivity contribution in [1.82, 2.24) is 19.7 Å². The summed E-state index contributed by atoms with van der Waals surface area (Å²) in [6.45, 7) is 7.21. The summed E-state index contributed by atoms with van der Waals surface area (Å²) in [7, 11) is 0.